The van der Waals surface area contributed by atoms with Crippen molar-refractivity contribution >= 4 is 34.7 Å². The molecule has 3 heterocycles. The van der Waals surface area contributed by atoms with Crippen LogP contribution in [0.4, 0.5) is 28.8 Å². The molecule has 9 nitrogen and oxygen atoms in total. The van der Waals surface area contributed by atoms with Crippen molar-refractivity contribution in [2.24, 2.45) is 0 Å². The van der Waals surface area contributed by atoms with E-state index in [2.05, 4.69) is 36.0 Å². The van der Waals surface area contributed by atoms with Crippen molar-refractivity contribution in [3.63, 3.8) is 0 Å². The molecule has 2 aromatic carbocycles. The van der Waals surface area contributed by atoms with Gasteiger partial charge < -0.3 is 16.0 Å². The second kappa shape index (κ2) is 10.3. The van der Waals surface area contributed by atoms with Crippen LogP contribution in [0, 0.1) is 20.8 Å². The number of nitrogens with one attached hydrogen (secondary N) is 3. The first-order valence-corrected chi connectivity index (χ1v) is 11.8. The zero-order valence-electron chi connectivity index (χ0n) is 20.7. The van der Waals surface area contributed by atoms with E-state index >= 15 is 0 Å². The number of nitrogens with zero attached hydrogens (tertiary/aromatic N) is 5. The summed E-state index contributed by atoms with van der Waals surface area (Å²) in [5.74, 6) is 2.41. The van der Waals surface area contributed by atoms with Crippen molar-refractivity contribution in [1.82, 2.24) is 24.7 Å². The summed E-state index contributed by atoms with van der Waals surface area (Å²) in [6, 6.07) is 22.9. The molecule has 184 valence electrons. The predicted octanol–water partition coefficient (Wildman–Crippen LogP) is 5.72. The zero-order valence-corrected chi connectivity index (χ0v) is 20.7. The maximum atomic E-state index is 12.9. The van der Waals surface area contributed by atoms with Crippen LogP contribution in [0.15, 0.2) is 85.2 Å². The molecule has 0 saturated heterocycles. The highest BCUT2D eigenvalue weighted by atomic mass is 16.1. The Labute approximate surface area is 214 Å². The van der Waals surface area contributed by atoms with Gasteiger partial charge in [-0.3, -0.25) is 4.79 Å². The summed E-state index contributed by atoms with van der Waals surface area (Å²) in [6.07, 6.45) is 3.34. The lowest BCUT2D eigenvalue weighted by Gasteiger charge is -2.11. The number of hydrogen-bond acceptors (Lipinski definition) is 7. The molecule has 0 aliphatic rings. The summed E-state index contributed by atoms with van der Waals surface area (Å²) in [6.45, 7) is 5.72. The molecule has 9 heteroatoms. The fourth-order valence-electron chi connectivity index (χ4n) is 3.88. The van der Waals surface area contributed by atoms with Crippen molar-refractivity contribution in [1.29, 1.82) is 0 Å². The Balaban J connectivity index is 1.26. The molecule has 3 aromatic heterocycles. The second-order valence-corrected chi connectivity index (χ2v) is 8.58. The number of carbonyl (C=O) groups excluding carboxylic acids is 1. The lowest BCUT2D eigenvalue weighted by molar-refractivity contribution is 0.102. The molecule has 0 fully saturated rings. The smallest absolute Gasteiger partial charge is 0.259 e. The van der Waals surface area contributed by atoms with Crippen LogP contribution in [0.3, 0.4) is 0 Å². The Morgan fingerprint density at radius 2 is 1.49 bits per heavy atom. The number of carbonyl (C=O) groups is 1. The number of hydrogen-bond donors (Lipinski definition) is 3. The lowest BCUT2D eigenvalue weighted by Crippen LogP contribution is -2.13. The first-order valence-electron chi connectivity index (χ1n) is 11.8. The van der Waals surface area contributed by atoms with Gasteiger partial charge in [0.2, 0.25) is 0 Å². The summed E-state index contributed by atoms with van der Waals surface area (Å²) in [5.41, 5.74) is 4.80. The van der Waals surface area contributed by atoms with E-state index in [1.54, 1.807) is 17.1 Å². The zero-order chi connectivity index (χ0) is 25.8. The van der Waals surface area contributed by atoms with Crippen molar-refractivity contribution in [2.75, 3.05) is 16.0 Å². The number of aryl methyl sites for hydroxylation is 2. The minimum atomic E-state index is -0.215. The Bertz CT molecular complexity index is 1540. The van der Waals surface area contributed by atoms with Gasteiger partial charge in [-0.1, -0.05) is 18.2 Å². The third-order valence-corrected chi connectivity index (χ3v) is 5.68. The van der Waals surface area contributed by atoms with Crippen molar-refractivity contribution in [3.8, 4) is 5.69 Å². The van der Waals surface area contributed by atoms with Gasteiger partial charge in [0.1, 0.15) is 23.3 Å². The van der Waals surface area contributed by atoms with Crippen LogP contribution in [0.5, 0.6) is 0 Å². The molecular formula is C28H26N8O. The van der Waals surface area contributed by atoms with Gasteiger partial charge >= 0.3 is 0 Å². The Hall–Kier alpha value is -5.05. The van der Waals surface area contributed by atoms with Gasteiger partial charge in [-0.05, 0) is 74.9 Å². The Kier molecular flexibility index (Phi) is 6.58. The van der Waals surface area contributed by atoms with Crippen LogP contribution in [0.25, 0.3) is 5.69 Å². The number of para-hydroxylation sites is 1. The molecule has 0 saturated carbocycles. The van der Waals surface area contributed by atoms with Gasteiger partial charge in [0.05, 0.1) is 23.1 Å². The molecule has 5 rings (SSSR count). The fourth-order valence-corrected chi connectivity index (χ4v) is 3.88. The monoisotopic (exact) mass is 490 g/mol. The Morgan fingerprint density at radius 1 is 0.784 bits per heavy atom. The third kappa shape index (κ3) is 5.62. The summed E-state index contributed by atoms with van der Waals surface area (Å²) < 4.78 is 1.75. The van der Waals surface area contributed by atoms with Gasteiger partial charge in [0.15, 0.2) is 0 Å². The lowest BCUT2D eigenvalue weighted by atomic mass is 10.2. The molecule has 0 radical (unpaired) electrons. The molecule has 0 aliphatic heterocycles. The Morgan fingerprint density at radius 3 is 2.22 bits per heavy atom. The summed E-state index contributed by atoms with van der Waals surface area (Å²) in [5, 5.41) is 13.8. The molecule has 0 atom stereocenters. The quantitative estimate of drug-likeness (QED) is 0.268. The van der Waals surface area contributed by atoms with E-state index in [0.29, 0.717) is 34.5 Å². The maximum Gasteiger partial charge on any atom is 0.259 e. The molecule has 1 amide bonds. The second-order valence-electron chi connectivity index (χ2n) is 8.58. The third-order valence-electron chi connectivity index (χ3n) is 5.68. The molecule has 37 heavy (non-hydrogen) atoms. The van der Waals surface area contributed by atoms with Gasteiger partial charge in [-0.2, -0.15) is 5.10 Å². The molecule has 0 aliphatic carbocycles. The van der Waals surface area contributed by atoms with Gasteiger partial charge in [-0.25, -0.2) is 19.6 Å². The van der Waals surface area contributed by atoms with Crippen LogP contribution in [-0.2, 0) is 0 Å². The fraction of sp³-hybridized carbons (Fsp3) is 0.107. The SMILES string of the molecule is Cc1ccnc(Nc2cc(Nc3ccc(NC(=O)c4cnn(-c5ccccc5)c4C)cc3)nc(C)n2)c1. The van der Waals surface area contributed by atoms with Crippen molar-refractivity contribution < 1.29 is 4.79 Å². The van der Waals surface area contributed by atoms with E-state index in [1.807, 2.05) is 93.6 Å². The number of amides is 1. The number of rotatable bonds is 7. The molecule has 0 spiro atoms. The largest absolute Gasteiger partial charge is 0.340 e. The summed E-state index contributed by atoms with van der Waals surface area (Å²) in [7, 11) is 0. The average molecular weight is 491 g/mol. The maximum absolute atomic E-state index is 12.9. The van der Waals surface area contributed by atoms with Crippen LogP contribution < -0.4 is 16.0 Å². The highest BCUT2D eigenvalue weighted by Gasteiger charge is 2.15. The van der Waals surface area contributed by atoms with Crippen molar-refractivity contribution in [2.45, 2.75) is 20.8 Å². The van der Waals surface area contributed by atoms with Crippen LogP contribution >= 0.6 is 0 Å². The first kappa shape index (κ1) is 23.7. The van der Waals surface area contributed by atoms with Crippen LogP contribution in [-0.4, -0.2) is 30.6 Å². The van der Waals surface area contributed by atoms with E-state index in [1.165, 1.54) is 0 Å². The van der Waals surface area contributed by atoms with E-state index in [4.69, 9.17) is 0 Å². The van der Waals surface area contributed by atoms with Crippen LogP contribution in [0.1, 0.15) is 27.4 Å². The summed E-state index contributed by atoms with van der Waals surface area (Å²) >= 11 is 0. The molecule has 5 aromatic rings. The van der Waals surface area contributed by atoms with Crippen molar-refractivity contribution in [3.05, 3.63) is 108 Å². The first-order chi connectivity index (χ1) is 17.9. The molecule has 3 N–H and O–H groups in total. The molecule has 0 unspecified atom stereocenters. The topological polar surface area (TPSA) is 110 Å². The van der Waals surface area contributed by atoms with Gasteiger partial charge in [0.25, 0.3) is 5.91 Å². The van der Waals surface area contributed by atoms with E-state index in [-0.39, 0.29) is 5.91 Å². The minimum absolute atomic E-state index is 0.215. The molecule has 0 bridgehead atoms. The average Bonchev–Trinajstić information content (AvgIpc) is 3.27. The number of anilines is 5. The predicted molar refractivity (Wildman–Crippen MR) is 145 cm³/mol. The highest BCUT2D eigenvalue weighted by Crippen LogP contribution is 2.22. The number of benzene rings is 2. The highest BCUT2D eigenvalue weighted by molar-refractivity contribution is 6.05. The van der Waals surface area contributed by atoms with Crippen LogP contribution in [0.2, 0.25) is 0 Å². The normalized spacial score (nSPS) is 10.7. The molecular weight excluding hydrogens is 464 g/mol. The van der Waals surface area contributed by atoms with E-state index < -0.39 is 0 Å². The van der Waals surface area contributed by atoms with Gasteiger partial charge in [0, 0.05) is 23.6 Å². The summed E-state index contributed by atoms with van der Waals surface area (Å²) in [4.78, 5) is 26.1. The van der Waals surface area contributed by atoms with Gasteiger partial charge in [-0.15, -0.1) is 0 Å². The number of pyridine rings is 1. The van der Waals surface area contributed by atoms with E-state index in [9.17, 15) is 4.79 Å². The van der Waals surface area contributed by atoms with E-state index in [0.717, 1.165) is 22.6 Å². The number of aromatic nitrogens is 5. The standard InChI is InChI=1S/C28H26N8O/c1-18-13-14-29-25(15-18)35-27-16-26(31-20(3)32-27)33-21-9-11-22(12-10-21)34-28(37)24-17-30-36(19(24)2)23-7-5-4-6-8-23/h4-17H,1-3H3,(H,34,37)(H2,29,31,32,33,35). The minimum Gasteiger partial charge on any atom is -0.340 e.